The number of benzene rings is 2. The van der Waals surface area contributed by atoms with E-state index in [0.29, 0.717) is 17.5 Å². The van der Waals surface area contributed by atoms with Crippen LogP contribution in [0.2, 0.25) is 0 Å². The van der Waals surface area contributed by atoms with Crippen LogP contribution in [-0.4, -0.2) is 38.2 Å². The van der Waals surface area contributed by atoms with Crippen molar-refractivity contribution < 1.29 is 27.1 Å². The zero-order valence-electron chi connectivity index (χ0n) is 15.3. The number of fused-ring (bicyclic) bond motifs is 1. The average molecular weight is 421 g/mol. The molecule has 7 nitrogen and oxygen atoms in total. The van der Waals surface area contributed by atoms with Crippen molar-refractivity contribution in [3.05, 3.63) is 64.9 Å². The van der Waals surface area contributed by atoms with Crippen molar-refractivity contribution in [2.75, 3.05) is 13.7 Å². The zero-order chi connectivity index (χ0) is 21.0. The molecular formula is C19H17F2N3O4S. The van der Waals surface area contributed by atoms with Gasteiger partial charge in [-0.3, -0.25) is 9.35 Å². The lowest BCUT2D eigenvalue weighted by molar-refractivity contribution is 0.103. The van der Waals surface area contributed by atoms with Crippen LogP contribution in [0.5, 0.6) is 5.88 Å². The second kappa shape index (κ2) is 9.12. The molecule has 0 aliphatic carbocycles. The van der Waals surface area contributed by atoms with Gasteiger partial charge in [0.2, 0.25) is 17.1 Å². The van der Waals surface area contributed by atoms with Crippen molar-refractivity contribution in [1.29, 1.82) is 0 Å². The average Bonchev–Trinajstić information content (AvgIpc) is 2.71. The van der Waals surface area contributed by atoms with Gasteiger partial charge >= 0.3 is 0 Å². The normalized spacial score (nSPS) is 12.1. The summed E-state index contributed by atoms with van der Waals surface area (Å²) in [6.07, 6.45) is 1.92. The lowest BCUT2D eigenvalue weighted by Gasteiger charge is -2.10. The minimum atomic E-state index is -2.16. The molecule has 3 aromatic rings. The first-order valence-electron chi connectivity index (χ1n) is 8.57. The van der Waals surface area contributed by atoms with E-state index >= 15 is 0 Å². The molecule has 1 atom stereocenters. The van der Waals surface area contributed by atoms with E-state index in [1.54, 1.807) is 0 Å². The third-order valence-corrected chi connectivity index (χ3v) is 4.69. The molecular weight excluding hydrogens is 404 g/mol. The molecule has 0 saturated carbocycles. The summed E-state index contributed by atoms with van der Waals surface area (Å²) >= 11 is -2.16. The SMILES string of the molecule is COc1cnc2ccc(C(=O)c3c(F)ccc(CCCNS(=O)O)c3F)cc2n1. The van der Waals surface area contributed by atoms with Crippen LogP contribution in [0.3, 0.4) is 0 Å². The molecule has 2 N–H and O–H groups in total. The summed E-state index contributed by atoms with van der Waals surface area (Å²) in [4.78, 5) is 21.1. The molecule has 0 amide bonds. The first-order valence-corrected chi connectivity index (χ1v) is 9.68. The topological polar surface area (TPSA) is 101 Å². The van der Waals surface area contributed by atoms with Crippen molar-refractivity contribution in [3.8, 4) is 5.88 Å². The van der Waals surface area contributed by atoms with Gasteiger partial charge < -0.3 is 4.74 Å². The number of aromatic nitrogens is 2. The highest BCUT2D eigenvalue weighted by Gasteiger charge is 2.22. The monoisotopic (exact) mass is 421 g/mol. The molecule has 0 fully saturated rings. The number of methoxy groups -OCH3 is 1. The number of carbonyl (C=O) groups is 1. The van der Waals surface area contributed by atoms with E-state index in [4.69, 9.17) is 9.29 Å². The van der Waals surface area contributed by atoms with Gasteiger partial charge in [-0.25, -0.2) is 27.7 Å². The summed E-state index contributed by atoms with van der Waals surface area (Å²) in [5.41, 5.74) is 0.410. The maximum Gasteiger partial charge on any atom is 0.232 e. The highest BCUT2D eigenvalue weighted by Crippen LogP contribution is 2.23. The molecule has 1 heterocycles. The Balaban J connectivity index is 1.91. The third-order valence-electron chi connectivity index (χ3n) is 4.24. The summed E-state index contributed by atoms with van der Waals surface area (Å²) in [5, 5.41) is 0. The van der Waals surface area contributed by atoms with Crippen LogP contribution in [0.1, 0.15) is 27.9 Å². The number of nitrogens with zero attached hydrogens (tertiary/aromatic N) is 2. The van der Waals surface area contributed by atoms with Crippen LogP contribution in [0.15, 0.2) is 36.5 Å². The van der Waals surface area contributed by atoms with Crippen LogP contribution < -0.4 is 9.46 Å². The molecule has 152 valence electrons. The Kier molecular flexibility index (Phi) is 6.57. The van der Waals surface area contributed by atoms with E-state index in [1.165, 1.54) is 37.6 Å². The smallest absolute Gasteiger partial charge is 0.232 e. The molecule has 1 aromatic heterocycles. The molecule has 0 saturated heterocycles. The predicted molar refractivity (Wildman–Crippen MR) is 103 cm³/mol. The van der Waals surface area contributed by atoms with Crippen LogP contribution in [-0.2, 0) is 17.7 Å². The molecule has 0 radical (unpaired) electrons. The van der Waals surface area contributed by atoms with Crippen LogP contribution in [0.4, 0.5) is 8.78 Å². The van der Waals surface area contributed by atoms with E-state index in [0.717, 1.165) is 6.07 Å². The Morgan fingerprint density at radius 3 is 2.76 bits per heavy atom. The Morgan fingerprint density at radius 2 is 2.03 bits per heavy atom. The largest absolute Gasteiger partial charge is 0.480 e. The van der Waals surface area contributed by atoms with Gasteiger partial charge in [0.15, 0.2) is 5.78 Å². The Hall–Kier alpha value is -2.82. The molecule has 3 rings (SSSR count). The van der Waals surface area contributed by atoms with Gasteiger partial charge in [-0.15, -0.1) is 0 Å². The standard InChI is InChI=1S/C19H17F2N3O4S/c1-28-16-10-22-14-7-5-12(9-15(14)24-16)19(25)17-13(20)6-4-11(18(17)21)3-2-8-23-29(26)27/h4-7,9-10,23H,2-3,8H2,1H3,(H,26,27). The number of ether oxygens (including phenoxy) is 1. The second-order valence-corrected chi connectivity index (χ2v) is 6.87. The minimum absolute atomic E-state index is 0.0624. The molecule has 0 spiro atoms. The number of hydrogen-bond acceptors (Lipinski definition) is 5. The van der Waals surface area contributed by atoms with Crippen molar-refractivity contribution >= 4 is 28.1 Å². The summed E-state index contributed by atoms with van der Waals surface area (Å²) in [5.74, 6) is -2.48. The van der Waals surface area contributed by atoms with Crippen molar-refractivity contribution in [2.24, 2.45) is 0 Å². The molecule has 0 aliphatic heterocycles. The lowest BCUT2D eigenvalue weighted by atomic mass is 9.97. The van der Waals surface area contributed by atoms with Gasteiger partial charge in [0.05, 0.1) is 29.9 Å². The van der Waals surface area contributed by atoms with Crippen molar-refractivity contribution in [3.63, 3.8) is 0 Å². The lowest BCUT2D eigenvalue weighted by Crippen LogP contribution is -2.18. The number of ketones is 1. The first kappa shape index (κ1) is 20.9. The number of halogens is 2. The van der Waals surface area contributed by atoms with E-state index < -0.39 is 34.2 Å². The van der Waals surface area contributed by atoms with E-state index in [9.17, 15) is 17.8 Å². The molecule has 10 heteroatoms. The number of nitrogens with one attached hydrogen (secondary N) is 1. The van der Waals surface area contributed by atoms with E-state index in [-0.39, 0.29) is 30.0 Å². The fourth-order valence-corrected chi connectivity index (χ4v) is 3.13. The fraction of sp³-hybridized carbons (Fsp3) is 0.211. The fourth-order valence-electron chi connectivity index (χ4n) is 2.81. The highest BCUT2D eigenvalue weighted by molar-refractivity contribution is 7.77. The van der Waals surface area contributed by atoms with Gasteiger partial charge in [-0.1, -0.05) is 6.07 Å². The quantitative estimate of drug-likeness (QED) is 0.330. The summed E-state index contributed by atoms with van der Waals surface area (Å²) in [6, 6.07) is 6.66. The van der Waals surface area contributed by atoms with Gasteiger partial charge in [0.1, 0.15) is 11.6 Å². The van der Waals surface area contributed by atoms with Crippen LogP contribution >= 0.6 is 0 Å². The second-order valence-electron chi connectivity index (χ2n) is 6.09. The summed E-state index contributed by atoms with van der Waals surface area (Å²) in [7, 11) is 1.43. The molecule has 1 unspecified atom stereocenters. The van der Waals surface area contributed by atoms with Crippen LogP contribution in [0.25, 0.3) is 11.0 Å². The van der Waals surface area contributed by atoms with Crippen molar-refractivity contribution in [2.45, 2.75) is 12.8 Å². The number of carbonyl (C=O) groups excluding carboxylic acids is 1. The van der Waals surface area contributed by atoms with Gasteiger partial charge in [0, 0.05) is 12.1 Å². The molecule has 0 aliphatic rings. The third kappa shape index (κ3) is 4.78. The minimum Gasteiger partial charge on any atom is -0.480 e. The summed E-state index contributed by atoms with van der Waals surface area (Å²) < 4.78 is 55.7. The Bertz CT molecular complexity index is 1090. The Morgan fingerprint density at radius 1 is 1.24 bits per heavy atom. The zero-order valence-corrected chi connectivity index (χ0v) is 16.1. The first-order chi connectivity index (χ1) is 13.9. The highest BCUT2D eigenvalue weighted by atomic mass is 32.2. The van der Waals surface area contributed by atoms with Gasteiger partial charge in [-0.2, -0.15) is 0 Å². The number of hydrogen-bond donors (Lipinski definition) is 2. The number of rotatable bonds is 8. The maximum atomic E-state index is 14.8. The van der Waals surface area contributed by atoms with Gasteiger partial charge in [0.25, 0.3) is 0 Å². The van der Waals surface area contributed by atoms with Crippen LogP contribution in [0, 0.1) is 11.6 Å². The van der Waals surface area contributed by atoms with Crippen molar-refractivity contribution in [1.82, 2.24) is 14.7 Å². The van der Waals surface area contributed by atoms with Gasteiger partial charge in [-0.05, 0) is 42.7 Å². The maximum absolute atomic E-state index is 14.8. The molecule has 2 aromatic carbocycles. The van der Waals surface area contributed by atoms with E-state index in [2.05, 4.69) is 14.7 Å². The Labute approximate surface area is 167 Å². The number of aryl methyl sites for hydroxylation is 1. The molecule has 0 bridgehead atoms. The predicted octanol–water partition coefficient (Wildman–Crippen LogP) is 2.81. The molecule has 29 heavy (non-hydrogen) atoms. The summed E-state index contributed by atoms with van der Waals surface area (Å²) in [6.45, 7) is 0.161. The van der Waals surface area contributed by atoms with E-state index in [1.807, 2.05) is 0 Å².